The van der Waals surface area contributed by atoms with Crippen molar-refractivity contribution < 1.29 is 5.11 Å². The zero-order valence-corrected chi connectivity index (χ0v) is 11.9. The minimum atomic E-state index is -0.570. The van der Waals surface area contributed by atoms with Gasteiger partial charge in [0.1, 0.15) is 0 Å². The zero-order chi connectivity index (χ0) is 13.2. The van der Waals surface area contributed by atoms with Gasteiger partial charge in [-0.1, -0.05) is 45.0 Å². The Bertz CT molecular complexity index is 386. The molecule has 100 valence electrons. The molecule has 1 fully saturated rings. The number of rotatable bonds is 3. The Hall–Kier alpha value is -0.820. The fourth-order valence-electron chi connectivity index (χ4n) is 2.99. The molecule has 1 saturated carbocycles. The van der Waals surface area contributed by atoms with Crippen LogP contribution in [0, 0.1) is 11.8 Å². The van der Waals surface area contributed by atoms with Crippen LogP contribution in [-0.2, 0) is 12.0 Å². The van der Waals surface area contributed by atoms with E-state index in [0.29, 0.717) is 5.92 Å². The maximum Gasteiger partial charge on any atom is 0.0896 e. The summed E-state index contributed by atoms with van der Waals surface area (Å²) >= 11 is 0. The van der Waals surface area contributed by atoms with Gasteiger partial charge < -0.3 is 5.11 Å². The van der Waals surface area contributed by atoms with Gasteiger partial charge in [-0.2, -0.15) is 0 Å². The van der Waals surface area contributed by atoms with Crippen LogP contribution in [0.5, 0.6) is 0 Å². The Morgan fingerprint density at radius 1 is 1.28 bits per heavy atom. The molecule has 0 aromatic heterocycles. The molecule has 18 heavy (non-hydrogen) atoms. The van der Waals surface area contributed by atoms with Crippen molar-refractivity contribution in [2.75, 3.05) is 0 Å². The van der Waals surface area contributed by atoms with E-state index in [-0.39, 0.29) is 0 Å². The third kappa shape index (κ3) is 3.14. The molecule has 0 unspecified atom stereocenters. The highest BCUT2D eigenvalue weighted by Crippen LogP contribution is 2.39. The molecule has 1 aliphatic carbocycles. The Labute approximate surface area is 111 Å². The summed E-state index contributed by atoms with van der Waals surface area (Å²) in [6.07, 6.45) is 5.22. The summed E-state index contributed by atoms with van der Waals surface area (Å²) in [5.41, 5.74) is 1.92. The van der Waals surface area contributed by atoms with E-state index in [1.807, 2.05) is 0 Å². The molecule has 1 heteroatoms. The third-order valence-electron chi connectivity index (χ3n) is 4.21. The first-order valence-electron chi connectivity index (χ1n) is 7.31. The highest BCUT2D eigenvalue weighted by molar-refractivity contribution is 5.29. The van der Waals surface area contributed by atoms with E-state index >= 15 is 0 Å². The fraction of sp³-hybridized carbons (Fsp3) is 0.647. The van der Waals surface area contributed by atoms with Gasteiger partial charge in [0.2, 0.25) is 0 Å². The molecule has 0 saturated heterocycles. The Morgan fingerprint density at radius 3 is 2.56 bits per heavy atom. The van der Waals surface area contributed by atoms with Crippen molar-refractivity contribution >= 4 is 0 Å². The van der Waals surface area contributed by atoms with Gasteiger partial charge in [-0.15, -0.1) is 0 Å². The van der Waals surface area contributed by atoms with Gasteiger partial charge in [-0.25, -0.2) is 0 Å². The maximum absolute atomic E-state index is 10.8. The lowest BCUT2D eigenvalue weighted by Crippen LogP contribution is -2.30. The highest BCUT2D eigenvalue weighted by atomic mass is 16.3. The van der Waals surface area contributed by atoms with Crippen LogP contribution in [0.4, 0.5) is 0 Å². The predicted molar refractivity (Wildman–Crippen MR) is 76.5 cm³/mol. The van der Waals surface area contributed by atoms with Crippen LogP contribution in [0.25, 0.3) is 0 Å². The molecule has 1 nitrogen and oxygen atoms in total. The number of hydrogen-bond acceptors (Lipinski definition) is 1. The van der Waals surface area contributed by atoms with Gasteiger partial charge in [0.05, 0.1) is 5.60 Å². The molecule has 1 aromatic rings. The van der Waals surface area contributed by atoms with E-state index in [2.05, 4.69) is 45.0 Å². The van der Waals surface area contributed by atoms with Crippen LogP contribution in [-0.4, -0.2) is 5.11 Å². The Kier molecular flexibility index (Phi) is 4.11. The van der Waals surface area contributed by atoms with Crippen LogP contribution in [0.1, 0.15) is 57.6 Å². The molecule has 0 spiro atoms. The monoisotopic (exact) mass is 246 g/mol. The van der Waals surface area contributed by atoms with Gasteiger partial charge in [-0.3, -0.25) is 0 Å². The second-order valence-electron chi connectivity index (χ2n) is 6.51. The van der Waals surface area contributed by atoms with Crippen molar-refractivity contribution in [3.63, 3.8) is 0 Å². The normalized spacial score (nSPS) is 28.6. The highest BCUT2D eigenvalue weighted by Gasteiger charge is 2.33. The van der Waals surface area contributed by atoms with Crippen molar-refractivity contribution in [3.8, 4) is 0 Å². The topological polar surface area (TPSA) is 20.2 Å². The lowest BCUT2D eigenvalue weighted by atomic mass is 9.75. The molecule has 2 rings (SSSR count). The van der Waals surface area contributed by atoms with Crippen molar-refractivity contribution in [2.45, 2.75) is 58.5 Å². The minimum absolute atomic E-state index is 0.570. The molecule has 1 aromatic carbocycles. The van der Waals surface area contributed by atoms with Crippen LogP contribution in [0.15, 0.2) is 24.3 Å². The van der Waals surface area contributed by atoms with E-state index in [0.717, 1.165) is 43.6 Å². The summed E-state index contributed by atoms with van der Waals surface area (Å²) in [5.74, 6) is 1.44. The summed E-state index contributed by atoms with van der Waals surface area (Å²) in [5, 5.41) is 10.8. The zero-order valence-electron chi connectivity index (χ0n) is 11.9. The van der Waals surface area contributed by atoms with Gasteiger partial charge >= 0.3 is 0 Å². The first-order chi connectivity index (χ1) is 8.49. The Balaban J connectivity index is 2.17. The number of aliphatic hydroxyl groups is 1. The van der Waals surface area contributed by atoms with Gasteiger partial charge in [0.15, 0.2) is 0 Å². The SMILES string of the molecule is CC(C)Cc1cccc(C2(O)CCC(C)CC2)c1. The van der Waals surface area contributed by atoms with Crippen molar-refractivity contribution in [1.29, 1.82) is 0 Å². The fourth-order valence-corrected chi connectivity index (χ4v) is 2.99. The second-order valence-corrected chi connectivity index (χ2v) is 6.51. The smallest absolute Gasteiger partial charge is 0.0896 e. The van der Waals surface area contributed by atoms with E-state index in [1.54, 1.807) is 0 Å². The van der Waals surface area contributed by atoms with Crippen LogP contribution in [0.3, 0.4) is 0 Å². The molecule has 0 heterocycles. The third-order valence-corrected chi connectivity index (χ3v) is 4.21. The largest absolute Gasteiger partial charge is 0.385 e. The van der Waals surface area contributed by atoms with E-state index < -0.39 is 5.60 Å². The summed E-state index contributed by atoms with van der Waals surface area (Å²) in [7, 11) is 0. The summed E-state index contributed by atoms with van der Waals surface area (Å²) in [6.45, 7) is 6.77. The molecule has 0 bridgehead atoms. The van der Waals surface area contributed by atoms with Crippen molar-refractivity contribution in [1.82, 2.24) is 0 Å². The summed E-state index contributed by atoms with van der Waals surface area (Å²) in [6, 6.07) is 8.59. The maximum atomic E-state index is 10.8. The minimum Gasteiger partial charge on any atom is -0.385 e. The van der Waals surface area contributed by atoms with E-state index in [9.17, 15) is 5.11 Å². The van der Waals surface area contributed by atoms with Crippen molar-refractivity contribution in [2.24, 2.45) is 11.8 Å². The van der Waals surface area contributed by atoms with Crippen LogP contribution >= 0.6 is 0 Å². The average Bonchev–Trinajstić information content (AvgIpc) is 2.33. The van der Waals surface area contributed by atoms with Crippen LogP contribution in [0.2, 0.25) is 0 Å². The van der Waals surface area contributed by atoms with Gasteiger partial charge in [-0.05, 0) is 55.1 Å². The lowest BCUT2D eigenvalue weighted by molar-refractivity contribution is -0.0120. The van der Waals surface area contributed by atoms with E-state index in [4.69, 9.17) is 0 Å². The standard InChI is InChI=1S/C17H26O/c1-13(2)11-15-5-4-6-16(12-15)17(18)9-7-14(3)8-10-17/h4-6,12-14,18H,7-11H2,1-3H3. The molecule has 0 amide bonds. The van der Waals surface area contributed by atoms with Crippen molar-refractivity contribution in [3.05, 3.63) is 35.4 Å². The quantitative estimate of drug-likeness (QED) is 0.844. The molecular formula is C17H26O. The predicted octanol–water partition coefficient (Wildman–Crippen LogP) is 4.28. The first-order valence-corrected chi connectivity index (χ1v) is 7.31. The summed E-state index contributed by atoms with van der Waals surface area (Å²) in [4.78, 5) is 0. The lowest BCUT2D eigenvalue weighted by Gasteiger charge is -2.35. The van der Waals surface area contributed by atoms with Gasteiger partial charge in [0.25, 0.3) is 0 Å². The average molecular weight is 246 g/mol. The molecule has 1 aliphatic rings. The molecule has 0 aliphatic heterocycles. The van der Waals surface area contributed by atoms with Gasteiger partial charge in [0, 0.05) is 0 Å². The summed E-state index contributed by atoms with van der Waals surface area (Å²) < 4.78 is 0. The number of hydrogen-bond donors (Lipinski definition) is 1. The molecular weight excluding hydrogens is 220 g/mol. The molecule has 0 radical (unpaired) electrons. The van der Waals surface area contributed by atoms with Crippen LogP contribution < -0.4 is 0 Å². The molecule has 0 atom stereocenters. The number of benzene rings is 1. The van der Waals surface area contributed by atoms with E-state index in [1.165, 1.54) is 5.56 Å². The Morgan fingerprint density at radius 2 is 1.94 bits per heavy atom. The first kappa shape index (κ1) is 13.6. The molecule has 1 N–H and O–H groups in total. The second kappa shape index (κ2) is 5.44.